The molecule has 1 aromatic carbocycles. The van der Waals surface area contributed by atoms with Gasteiger partial charge in [-0.3, -0.25) is 0 Å². The van der Waals surface area contributed by atoms with Crippen molar-refractivity contribution < 1.29 is 8.42 Å². The second kappa shape index (κ2) is 6.91. The first-order valence-corrected chi connectivity index (χ1v) is 9.74. The van der Waals surface area contributed by atoms with Crippen LogP contribution in [0.2, 0.25) is 0 Å². The lowest BCUT2D eigenvalue weighted by molar-refractivity contribution is 0.396. The van der Waals surface area contributed by atoms with Crippen LogP contribution in [0.4, 0.5) is 5.82 Å². The molecule has 0 amide bonds. The summed E-state index contributed by atoms with van der Waals surface area (Å²) in [5.74, 6) is 0.812. The molecule has 5 nitrogen and oxygen atoms in total. The number of aryl methyl sites for hydroxylation is 1. The van der Waals surface area contributed by atoms with Gasteiger partial charge in [0, 0.05) is 19.3 Å². The molecule has 1 N–H and O–H groups in total. The first-order valence-electron chi connectivity index (χ1n) is 8.30. The predicted octanol–water partition coefficient (Wildman–Crippen LogP) is 3.35. The number of hydrogen-bond donors (Lipinski definition) is 1. The molecular weight excluding hydrogens is 322 g/mol. The number of rotatable bonds is 5. The van der Waals surface area contributed by atoms with Crippen LogP contribution in [0.25, 0.3) is 0 Å². The van der Waals surface area contributed by atoms with E-state index in [1.54, 1.807) is 22.6 Å². The van der Waals surface area contributed by atoms with E-state index in [1.165, 1.54) is 0 Å². The highest BCUT2D eigenvalue weighted by atomic mass is 32.2. The van der Waals surface area contributed by atoms with Crippen LogP contribution < -0.4 is 5.32 Å². The topological polar surface area (TPSA) is 62.3 Å². The van der Waals surface area contributed by atoms with E-state index >= 15 is 0 Å². The van der Waals surface area contributed by atoms with Gasteiger partial charge in [0.1, 0.15) is 5.82 Å². The maximum absolute atomic E-state index is 13.0. The van der Waals surface area contributed by atoms with Crippen LogP contribution in [0.15, 0.2) is 47.5 Å². The molecule has 6 heteroatoms. The van der Waals surface area contributed by atoms with Crippen LogP contribution in [0.3, 0.4) is 0 Å². The zero-order valence-corrected chi connectivity index (χ0v) is 14.9. The summed E-state index contributed by atoms with van der Waals surface area (Å²) >= 11 is 0. The van der Waals surface area contributed by atoms with Crippen LogP contribution in [0.1, 0.15) is 36.9 Å². The Bertz CT molecular complexity index is 786. The summed E-state index contributed by atoms with van der Waals surface area (Å²) in [4.78, 5) is 4.74. The van der Waals surface area contributed by atoms with Crippen molar-refractivity contribution in [2.24, 2.45) is 0 Å². The summed E-state index contributed by atoms with van der Waals surface area (Å²) in [5, 5.41) is 3.15. The third kappa shape index (κ3) is 3.30. The zero-order valence-electron chi connectivity index (χ0n) is 14.1. The first kappa shape index (κ1) is 16.9. The Hall–Kier alpha value is -1.92. The highest BCUT2D eigenvalue weighted by molar-refractivity contribution is 7.89. The van der Waals surface area contributed by atoms with Crippen LogP contribution in [0.5, 0.6) is 0 Å². The molecular formula is C18H23N3O2S. The van der Waals surface area contributed by atoms with Crippen molar-refractivity contribution in [2.45, 2.75) is 37.6 Å². The van der Waals surface area contributed by atoms with Gasteiger partial charge >= 0.3 is 0 Å². The molecule has 0 bridgehead atoms. The predicted molar refractivity (Wildman–Crippen MR) is 95.4 cm³/mol. The van der Waals surface area contributed by atoms with Gasteiger partial charge in [0.15, 0.2) is 0 Å². The van der Waals surface area contributed by atoms with Gasteiger partial charge < -0.3 is 5.32 Å². The minimum absolute atomic E-state index is 0.139. The number of hydrogen-bond acceptors (Lipinski definition) is 4. The maximum atomic E-state index is 13.0. The summed E-state index contributed by atoms with van der Waals surface area (Å²) < 4.78 is 27.6. The lowest BCUT2D eigenvalue weighted by atomic mass is 10.1. The number of nitrogens with one attached hydrogen (secondary N) is 1. The summed E-state index contributed by atoms with van der Waals surface area (Å²) in [6.45, 7) is 5.33. The number of pyridine rings is 1. The molecule has 1 aromatic heterocycles. The molecule has 3 rings (SSSR count). The van der Waals surface area contributed by atoms with Gasteiger partial charge in [-0.15, -0.1) is 0 Å². The minimum atomic E-state index is -3.48. The van der Waals surface area contributed by atoms with Crippen LogP contribution in [-0.4, -0.2) is 30.8 Å². The van der Waals surface area contributed by atoms with Crippen molar-refractivity contribution >= 4 is 15.8 Å². The average molecular weight is 345 g/mol. The monoisotopic (exact) mass is 345 g/mol. The molecule has 0 unspecified atom stereocenters. The molecule has 128 valence electrons. The number of anilines is 1. The Morgan fingerprint density at radius 1 is 1.21 bits per heavy atom. The summed E-state index contributed by atoms with van der Waals surface area (Å²) in [6, 6.07) is 10.8. The molecule has 0 radical (unpaired) electrons. The third-order valence-corrected chi connectivity index (χ3v) is 6.28. The summed E-state index contributed by atoms with van der Waals surface area (Å²) in [7, 11) is -3.48. The van der Waals surface area contributed by atoms with Crippen molar-refractivity contribution in [2.75, 3.05) is 18.4 Å². The molecule has 24 heavy (non-hydrogen) atoms. The standard InChI is InChI=1S/C18H23N3O2S/c1-3-19-18-11-8-15(13-20-18)17-5-4-12-21(17)24(22,23)16-9-6-14(2)7-10-16/h6-11,13,17H,3-5,12H2,1-2H3,(H,19,20)/t17-/m1/s1. The molecule has 2 aromatic rings. The summed E-state index contributed by atoms with van der Waals surface area (Å²) in [6.07, 6.45) is 3.48. The molecule has 0 aliphatic carbocycles. The molecule has 1 aliphatic heterocycles. The van der Waals surface area contributed by atoms with Crippen molar-refractivity contribution in [1.82, 2.24) is 9.29 Å². The fourth-order valence-electron chi connectivity index (χ4n) is 3.09. The summed E-state index contributed by atoms with van der Waals surface area (Å²) in [5.41, 5.74) is 2.00. The van der Waals surface area contributed by atoms with E-state index in [9.17, 15) is 8.42 Å². The van der Waals surface area contributed by atoms with Crippen molar-refractivity contribution in [3.05, 3.63) is 53.7 Å². The Kier molecular flexibility index (Phi) is 4.87. The Labute approximate surface area is 143 Å². The van der Waals surface area contributed by atoms with E-state index in [0.29, 0.717) is 11.4 Å². The second-order valence-electron chi connectivity index (χ2n) is 6.09. The molecule has 1 atom stereocenters. The van der Waals surface area contributed by atoms with Gasteiger partial charge in [0.25, 0.3) is 0 Å². The Morgan fingerprint density at radius 2 is 1.96 bits per heavy atom. The molecule has 1 aliphatic rings. The number of benzene rings is 1. The largest absolute Gasteiger partial charge is 0.370 e. The maximum Gasteiger partial charge on any atom is 0.243 e. The van der Waals surface area contributed by atoms with E-state index in [4.69, 9.17) is 0 Å². The van der Waals surface area contributed by atoms with Crippen LogP contribution in [-0.2, 0) is 10.0 Å². The van der Waals surface area contributed by atoms with Gasteiger partial charge in [-0.25, -0.2) is 13.4 Å². The van der Waals surface area contributed by atoms with E-state index in [-0.39, 0.29) is 6.04 Å². The first-order chi connectivity index (χ1) is 11.5. The van der Waals surface area contributed by atoms with Gasteiger partial charge in [-0.2, -0.15) is 4.31 Å². The van der Waals surface area contributed by atoms with E-state index < -0.39 is 10.0 Å². The Morgan fingerprint density at radius 3 is 2.58 bits per heavy atom. The van der Waals surface area contributed by atoms with Gasteiger partial charge in [0.05, 0.1) is 10.9 Å². The third-order valence-electron chi connectivity index (χ3n) is 4.36. The molecule has 1 fully saturated rings. The van der Waals surface area contributed by atoms with Crippen molar-refractivity contribution in [3.8, 4) is 0 Å². The number of sulfonamides is 1. The smallest absolute Gasteiger partial charge is 0.243 e. The lowest BCUT2D eigenvalue weighted by Crippen LogP contribution is -2.30. The number of aromatic nitrogens is 1. The van der Waals surface area contributed by atoms with E-state index in [2.05, 4.69) is 10.3 Å². The fourth-order valence-corrected chi connectivity index (χ4v) is 4.78. The van der Waals surface area contributed by atoms with Crippen LogP contribution >= 0.6 is 0 Å². The van der Waals surface area contributed by atoms with E-state index in [0.717, 1.165) is 36.3 Å². The average Bonchev–Trinajstić information content (AvgIpc) is 3.07. The second-order valence-corrected chi connectivity index (χ2v) is 7.98. The minimum Gasteiger partial charge on any atom is -0.370 e. The SMILES string of the molecule is CCNc1ccc([C@H]2CCCN2S(=O)(=O)c2ccc(C)cc2)cn1. The quantitative estimate of drug-likeness (QED) is 0.903. The van der Waals surface area contributed by atoms with Gasteiger partial charge in [-0.05, 0) is 50.5 Å². The van der Waals surface area contributed by atoms with Crippen molar-refractivity contribution in [3.63, 3.8) is 0 Å². The molecule has 1 saturated heterocycles. The lowest BCUT2D eigenvalue weighted by Gasteiger charge is -2.24. The Balaban J connectivity index is 1.88. The van der Waals surface area contributed by atoms with Gasteiger partial charge in [0.2, 0.25) is 10.0 Å². The normalized spacial score (nSPS) is 18.7. The zero-order chi connectivity index (χ0) is 17.2. The number of nitrogens with zero attached hydrogens (tertiary/aromatic N) is 2. The molecule has 2 heterocycles. The van der Waals surface area contributed by atoms with Gasteiger partial charge in [-0.1, -0.05) is 23.8 Å². The van der Waals surface area contributed by atoms with Crippen molar-refractivity contribution in [1.29, 1.82) is 0 Å². The fraction of sp³-hybridized carbons (Fsp3) is 0.389. The van der Waals surface area contributed by atoms with Crippen LogP contribution in [0, 0.1) is 6.92 Å². The molecule has 0 spiro atoms. The molecule has 0 saturated carbocycles. The highest BCUT2D eigenvalue weighted by Crippen LogP contribution is 2.36. The highest BCUT2D eigenvalue weighted by Gasteiger charge is 2.36. The van der Waals surface area contributed by atoms with E-state index in [1.807, 2.05) is 38.1 Å².